The SMILES string of the molecule is CCc1ccccc1NC(=O)CC(=O)Nc1ccc(C(CC)c2ccnc(/C=C/C3=CCCN(C)C3)c2SC)c(C)c1. The second kappa shape index (κ2) is 15.0. The van der Waals surface area contributed by atoms with E-state index in [9.17, 15) is 9.59 Å². The van der Waals surface area contributed by atoms with Crippen molar-refractivity contribution in [2.24, 2.45) is 0 Å². The molecule has 2 amide bonds. The number of anilines is 2. The fraction of sp³-hybridized carbons (Fsp3) is 0.343. The van der Waals surface area contributed by atoms with Crippen LogP contribution < -0.4 is 10.6 Å². The molecule has 42 heavy (non-hydrogen) atoms. The monoisotopic (exact) mass is 582 g/mol. The first kappa shape index (κ1) is 31.3. The van der Waals surface area contributed by atoms with E-state index in [2.05, 4.69) is 73.0 Å². The maximum Gasteiger partial charge on any atom is 0.233 e. The van der Waals surface area contributed by atoms with E-state index in [1.54, 1.807) is 11.8 Å². The molecule has 2 N–H and O–H groups in total. The van der Waals surface area contributed by atoms with Gasteiger partial charge in [0.05, 0.1) is 5.69 Å². The first-order chi connectivity index (χ1) is 20.3. The van der Waals surface area contributed by atoms with Gasteiger partial charge >= 0.3 is 0 Å². The van der Waals surface area contributed by atoms with Gasteiger partial charge in [0.1, 0.15) is 6.42 Å². The van der Waals surface area contributed by atoms with E-state index in [0.29, 0.717) is 5.69 Å². The number of nitrogens with zero attached hydrogens (tertiary/aromatic N) is 2. The zero-order valence-corrected chi connectivity index (χ0v) is 26.2. The van der Waals surface area contributed by atoms with Gasteiger partial charge in [0.2, 0.25) is 11.8 Å². The zero-order valence-electron chi connectivity index (χ0n) is 25.4. The van der Waals surface area contributed by atoms with Crippen LogP contribution in [0.3, 0.4) is 0 Å². The molecule has 0 bridgehead atoms. The molecule has 0 radical (unpaired) electrons. The molecule has 2 heterocycles. The maximum atomic E-state index is 12.7. The number of benzene rings is 2. The average molecular weight is 583 g/mol. The smallest absolute Gasteiger partial charge is 0.233 e. The molecule has 2 aromatic carbocycles. The summed E-state index contributed by atoms with van der Waals surface area (Å²) in [7, 11) is 2.16. The van der Waals surface area contributed by atoms with Gasteiger partial charge in [-0.1, -0.05) is 50.3 Å². The summed E-state index contributed by atoms with van der Waals surface area (Å²) in [6, 6.07) is 15.8. The first-order valence-corrected chi connectivity index (χ1v) is 15.9. The van der Waals surface area contributed by atoms with Crippen LogP contribution in [0, 0.1) is 6.92 Å². The summed E-state index contributed by atoms with van der Waals surface area (Å²) < 4.78 is 0. The van der Waals surface area contributed by atoms with E-state index in [4.69, 9.17) is 4.98 Å². The van der Waals surface area contributed by atoms with Crippen molar-refractivity contribution in [1.29, 1.82) is 0 Å². The van der Waals surface area contributed by atoms with Crippen molar-refractivity contribution in [3.63, 3.8) is 0 Å². The average Bonchev–Trinajstić information content (AvgIpc) is 2.97. The van der Waals surface area contributed by atoms with E-state index in [1.165, 1.54) is 21.6 Å². The van der Waals surface area contributed by atoms with Crippen molar-refractivity contribution in [3.8, 4) is 0 Å². The van der Waals surface area contributed by atoms with Gasteiger partial charge in [-0.2, -0.15) is 0 Å². The van der Waals surface area contributed by atoms with Crippen LogP contribution in [0.4, 0.5) is 11.4 Å². The highest BCUT2D eigenvalue weighted by Gasteiger charge is 2.20. The lowest BCUT2D eigenvalue weighted by Gasteiger charge is -2.23. The van der Waals surface area contributed by atoms with E-state index >= 15 is 0 Å². The number of thioether (sulfide) groups is 1. The van der Waals surface area contributed by atoms with Crippen molar-refractivity contribution in [2.45, 2.75) is 57.3 Å². The van der Waals surface area contributed by atoms with Gasteiger partial charge in [-0.3, -0.25) is 14.6 Å². The zero-order chi connectivity index (χ0) is 30.1. The Kier molecular flexibility index (Phi) is 11.2. The predicted octanol–water partition coefficient (Wildman–Crippen LogP) is 7.46. The van der Waals surface area contributed by atoms with Crippen molar-refractivity contribution < 1.29 is 9.59 Å². The van der Waals surface area contributed by atoms with Crippen molar-refractivity contribution >= 4 is 41.0 Å². The molecular formula is C35H42N4O2S. The summed E-state index contributed by atoms with van der Waals surface area (Å²) in [5.41, 5.74) is 8.38. The number of aromatic nitrogens is 1. The van der Waals surface area contributed by atoms with Crippen molar-refractivity contribution in [1.82, 2.24) is 9.88 Å². The summed E-state index contributed by atoms with van der Waals surface area (Å²) in [6.07, 6.45) is 13.3. The number of para-hydroxylation sites is 1. The molecule has 7 heteroatoms. The van der Waals surface area contributed by atoms with Crippen LogP contribution in [0.5, 0.6) is 0 Å². The Morgan fingerprint density at radius 3 is 2.55 bits per heavy atom. The van der Waals surface area contributed by atoms with Gasteiger partial charge in [0, 0.05) is 41.5 Å². The van der Waals surface area contributed by atoms with E-state index < -0.39 is 0 Å². The van der Waals surface area contributed by atoms with Gasteiger partial charge in [-0.05, 0) is 97.7 Å². The Bertz CT molecular complexity index is 1480. The van der Waals surface area contributed by atoms with Gasteiger partial charge in [-0.25, -0.2) is 0 Å². The summed E-state index contributed by atoms with van der Waals surface area (Å²) >= 11 is 1.73. The lowest BCUT2D eigenvalue weighted by Crippen LogP contribution is -2.24. The molecule has 4 rings (SSSR count). The molecule has 1 unspecified atom stereocenters. The minimum Gasteiger partial charge on any atom is -0.326 e. The molecule has 220 valence electrons. The number of aryl methyl sites for hydroxylation is 2. The van der Waals surface area contributed by atoms with E-state index in [1.807, 2.05) is 49.5 Å². The molecule has 0 fully saturated rings. The van der Waals surface area contributed by atoms with Crippen LogP contribution in [0.25, 0.3) is 6.08 Å². The topological polar surface area (TPSA) is 74.3 Å². The molecule has 0 aliphatic carbocycles. The quantitative estimate of drug-likeness (QED) is 0.181. The van der Waals surface area contributed by atoms with Crippen molar-refractivity contribution in [3.05, 3.63) is 100 Å². The lowest BCUT2D eigenvalue weighted by molar-refractivity contribution is -0.123. The maximum absolute atomic E-state index is 12.7. The first-order valence-electron chi connectivity index (χ1n) is 14.7. The Hall–Kier alpha value is -3.68. The summed E-state index contributed by atoms with van der Waals surface area (Å²) in [5.74, 6) is -0.473. The minimum absolute atomic E-state index is 0.191. The fourth-order valence-electron chi connectivity index (χ4n) is 5.58. The Labute approximate surface area is 254 Å². The molecule has 0 spiro atoms. The van der Waals surface area contributed by atoms with Crippen LogP contribution >= 0.6 is 11.8 Å². The van der Waals surface area contributed by atoms with Crippen LogP contribution in [-0.4, -0.2) is 48.1 Å². The number of carbonyl (C=O) groups excluding carboxylic acids is 2. The molecule has 1 atom stereocenters. The second-order valence-electron chi connectivity index (χ2n) is 10.8. The number of pyridine rings is 1. The Morgan fingerprint density at radius 1 is 1.05 bits per heavy atom. The van der Waals surface area contributed by atoms with Crippen LogP contribution in [0.1, 0.15) is 67.0 Å². The number of rotatable bonds is 11. The largest absolute Gasteiger partial charge is 0.326 e. The summed E-state index contributed by atoms with van der Waals surface area (Å²) in [6.45, 7) is 8.38. The molecule has 1 aromatic heterocycles. The van der Waals surface area contributed by atoms with E-state index in [-0.39, 0.29) is 24.2 Å². The summed E-state index contributed by atoms with van der Waals surface area (Å²) in [5, 5.41) is 5.77. The number of amides is 2. The third kappa shape index (κ3) is 7.99. The van der Waals surface area contributed by atoms with Gasteiger partial charge < -0.3 is 15.5 Å². The van der Waals surface area contributed by atoms with Gasteiger partial charge in [-0.15, -0.1) is 11.8 Å². The molecular weight excluding hydrogens is 540 g/mol. The molecule has 1 aliphatic heterocycles. The molecule has 0 saturated carbocycles. The van der Waals surface area contributed by atoms with Crippen LogP contribution in [0.15, 0.2) is 77.3 Å². The normalized spacial score (nSPS) is 14.5. The lowest BCUT2D eigenvalue weighted by atomic mass is 9.86. The third-order valence-corrected chi connectivity index (χ3v) is 8.55. The highest BCUT2D eigenvalue weighted by molar-refractivity contribution is 7.98. The highest BCUT2D eigenvalue weighted by Crippen LogP contribution is 2.38. The molecule has 3 aromatic rings. The molecule has 1 aliphatic rings. The Morgan fingerprint density at radius 2 is 1.83 bits per heavy atom. The highest BCUT2D eigenvalue weighted by atomic mass is 32.2. The van der Waals surface area contributed by atoms with Crippen LogP contribution in [0.2, 0.25) is 0 Å². The summed E-state index contributed by atoms with van der Waals surface area (Å²) in [4.78, 5) is 33.5. The molecule has 6 nitrogen and oxygen atoms in total. The minimum atomic E-state index is -0.338. The van der Waals surface area contributed by atoms with Gasteiger partial charge in [0.15, 0.2) is 0 Å². The third-order valence-electron chi connectivity index (χ3n) is 7.70. The van der Waals surface area contributed by atoms with Gasteiger partial charge in [0.25, 0.3) is 0 Å². The molecule has 0 saturated heterocycles. The number of nitrogens with one attached hydrogen (secondary N) is 2. The standard InChI is InChI=1S/C35H42N4O2S/c1-6-26-12-8-9-13-31(26)38-34(41)22-33(40)37-27-15-16-29(24(3)21-27)28(7-2)30-18-19-36-32(35(30)42-5)17-14-25-11-10-20-39(4)23-25/h8-9,11-19,21,28H,6-7,10,20,22-23H2,1-5H3,(H,37,40)(H,38,41)/b17-14+. The van der Waals surface area contributed by atoms with Crippen LogP contribution in [-0.2, 0) is 16.0 Å². The van der Waals surface area contributed by atoms with Crippen molar-refractivity contribution in [2.75, 3.05) is 37.0 Å². The predicted molar refractivity (Wildman–Crippen MR) is 176 cm³/mol. The number of hydrogen-bond donors (Lipinski definition) is 2. The Balaban J connectivity index is 1.47. The fourth-order valence-corrected chi connectivity index (χ4v) is 6.35. The number of likely N-dealkylation sites (N-methyl/N-ethyl adjacent to an activating group) is 1. The number of hydrogen-bond acceptors (Lipinski definition) is 5. The number of carbonyl (C=O) groups is 2. The van der Waals surface area contributed by atoms with E-state index in [0.717, 1.165) is 54.9 Å². The second-order valence-corrected chi connectivity index (χ2v) is 11.6.